The highest BCUT2D eigenvalue weighted by molar-refractivity contribution is 5.93. The third-order valence-corrected chi connectivity index (χ3v) is 3.12. The van der Waals surface area contributed by atoms with Crippen LogP contribution >= 0.6 is 0 Å². The lowest BCUT2D eigenvalue weighted by Crippen LogP contribution is -2.51. The summed E-state index contributed by atoms with van der Waals surface area (Å²) < 4.78 is 40.9. The maximum Gasteiger partial charge on any atom is 0.268 e. The molecule has 1 aliphatic heterocycles. The average molecular weight is 286 g/mol. The Morgan fingerprint density at radius 2 is 2.15 bits per heavy atom. The number of nitrogens with zero attached hydrogens (tertiary/aromatic N) is 1. The highest BCUT2D eigenvalue weighted by atomic mass is 19.3. The van der Waals surface area contributed by atoms with E-state index < -0.39 is 29.3 Å². The number of hydrogen-bond acceptors (Lipinski definition) is 4. The average Bonchev–Trinajstić information content (AvgIpc) is 2.38. The molecule has 0 fully saturated rings. The fourth-order valence-electron chi connectivity index (χ4n) is 2.13. The number of amides is 1. The second-order valence-corrected chi connectivity index (χ2v) is 4.49. The molecule has 0 saturated carbocycles. The molecule has 0 unspecified atom stereocenters. The molecule has 0 aromatic heterocycles. The maximum atomic E-state index is 13.9. The van der Waals surface area contributed by atoms with Crippen molar-refractivity contribution in [2.75, 3.05) is 13.1 Å². The summed E-state index contributed by atoms with van der Waals surface area (Å²) in [4.78, 5) is 14.9. The third-order valence-electron chi connectivity index (χ3n) is 3.12. The topological polar surface area (TPSA) is 93.5 Å². The predicted octanol–water partition coefficient (Wildman–Crippen LogP) is 0.345. The van der Waals surface area contributed by atoms with E-state index in [1.54, 1.807) is 0 Å². The van der Waals surface area contributed by atoms with Crippen molar-refractivity contribution in [3.8, 4) is 0 Å². The maximum absolute atomic E-state index is 13.9. The number of alkyl halides is 2. The monoisotopic (exact) mass is 286 g/mol. The summed E-state index contributed by atoms with van der Waals surface area (Å²) in [6, 6.07) is 3.04. The highest BCUT2D eigenvalue weighted by Crippen LogP contribution is 2.35. The van der Waals surface area contributed by atoms with Gasteiger partial charge < -0.3 is 16.8 Å². The fourth-order valence-corrected chi connectivity index (χ4v) is 2.13. The smallest absolute Gasteiger partial charge is 0.268 e. The van der Waals surface area contributed by atoms with Crippen LogP contribution < -0.4 is 16.8 Å². The zero-order valence-corrected chi connectivity index (χ0v) is 10.4. The summed E-state index contributed by atoms with van der Waals surface area (Å²) in [5, 5.41) is 2.66. The van der Waals surface area contributed by atoms with Gasteiger partial charge in [-0.1, -0.05) is 0 Å². The van der Waals surface area contributed by atoms with Gasteiger partial charge in [-0.2, -0.15) is 0 Å². The van der Waals surface area contributed by atoms with E-state index in [0.29, 0.717) is 0 Å². The van der Waals surface area contributed by atoms with Gasteiger partial charge in [-0.15, -0.1) is 0 Å². The first kappa shape index (κ1) is 14.3. The first-order valence-corrected chi connectivity index (χ1v) is 5.80. The third kappa shape index (κ3) is 2.34. The van der Waals surface area contributed by atoms with E-state index in [0.717, 1.165) is 18.2 Å². The van der Waals surface area contributed by atoms with Crippen LogP contribution in [0, 0.1) is 5.82 Å². The Kier molecular flexibility index (Phi) is 3.67. The molecule has 0 radical (unpaired) electrons. The number of carbonyl (C=O) groups is 1. The van der Waals surface area contributed by atoms with Crippen molar-refractivity contribution in [3.63, 3.8) is 0 Å². The van der Waals surface area contributed by atoms with Crippen LogP contribution in [0.4, 0.5) is 13.2 Å². The number of halogens is 3. The quantitative estimate of drug-likeness (QED) is 0.748. The van der Waals surface area contributed by atoms with Crippen LogP contribution in [-0.2, 0) is 5.54 Å². The molecule has 1 amide bonds. The van der Waals surface area contributed by atoms with E-state index in [2.05, 4.69) is 10.3 Å². The molecule has 0 bridgehead atoms. The number of hydrogen-bond donors (Lipinski definition) is 3. The SMILES string of the molecule is NC(=O)c1ccc(F)c([C@]2(C(F)F)CNCC(N)=N2)c1. The number of rotatable bonds is 3. The van der Waals surface area contributed by atoms with Gasteiger partial charge in [0.1, 0.15) is 11.7 Å². The van der Waals surface area contributed by atoms with E-state index in [4.69, 9.17) is 11.5 Å². The molecule has 2 rings (SSSR count). The van der Waals surface area contributed by atoms with Crippen molar-refractivity contribution in [2.45, 2.75) is 12.0 Å². The molecular formula is C12H13F3N4O. The van der Waals surface area contributed by atoms with Gasteiger partial charge >= 0.3 is 0 Å². The van der Waals surface area contributed by atoms with E-state index in [1.165, 1.54) is 0 Å². The molecule has 8 heteroatoms. The van der Waals surface area contributed by atoms with Crippen LogP contribution in [0.1, 0.15) is 15.9 Å². The van der Waals surface area contributed by atoms with Gasteiger partial charge in [0.25, 0.3) is 6.43 Å². The number of nitrogens with two attached hydrogens (primary N) is 2. The normalized spacial score (nSPS) is 22.7. The minimum Gasteiger partial charge on any atom is -0.386 e. The Morgan fingerprint density at radius 1 is 1.45 bits per heavy atom. The number of benzene rings is 1. The Balaban J connectivity index is 2.64. The van der Waals surface area contributed by atoms with Crippen LogP contribution in [0.2, 0.25) is 0 Å². The lowest BCUT2D eigenvalue weighted by Gasteiger charge is -2.34. The van der Waals surface area contributed by atoms with Crippen molar-refractivity contribution in [2.24, 2.45) is 16.5 Å². The van der Waals surface area contributed by atoms with E-state index in [1.807, 2.05) is 0 Å². The van der Waals surface area contributed by atoms with Crippen molar-refractivity contribution in [1.82, 2.24) is 5.32 Å². The number of amidine groups is 1. The summed E-state index contributed by atoms with van der Waals surface area (Å²) >= 11 is 0. The van der Waals surface area contributed by atoms with Crippen LogP contribution in [0.25, 0.3) is 0 Å². The Labute approximate surface area is 112 Å². The summed E-state index contributed by atoms with van der Waals surface area (Å²) in [7, 11) is 0. The van der Waals surface area contributed by atoms with Crippen LogP contribution in [-0.4, -0.2) is 31.3 Å². The van der Waals surface area contributed by atoms with Crippen LogP contribution in [0.15, 0.2) is 23.2 Å². The molecular weight excluding hydrogens is 273 g/mol. The molecule has 0 saturated heterocycles. The summed E-state index contributed by atoms with van der Waals surface area (Å²) in [6.07, 6.45) is -2.99. The predicted molar refractivity (Wildman–Crippen MR) is 67.1 cm³/mol. The first-order valence-electron chi connectivity index (χ1n) is 5.80. The number of carbonyl (C=O) groups excluding carboxylic acids is 1. The molecule has 1 aromatic carbocycles. The van der Waals surface area contributed by atoms with Crippen molar-refractivity contribution in [3.05, 3.63) is 35.1 Å². The number of nitrogens with one attached hydrogen (secondary N) is 1. The Morgan fingerprint density at radius 3 is 2.70 bits per heavy atom. The second kappa shape index (κ2) is 5.12. The van der Waals surface area contributed by atoms with Gasteiger partial charge in [-0.3, -0.25) is 9.79 Å². The molecule has 20 heavy (non-hydrogen) atoms. The molecule has 0 spiro atoms. The molecule has 108 valence electrons. The van der Waals surface area contributed by atoms with E-state index in [-0.39, 0.29) is 24.5 Å². The van der Waals surface area contributed by atoms with E-state index in [9.17, 15) is 18.0 Å². The van der Waals surface area contributed by atoms with Crippen molar-refractivity contribution in [1.29, 1.82) is 0 Å². The summed E-state index contributed by atoms with van der Waals surface area (Å²) in [5.74, 6) is -1.78. The van der Waals surface area contributed by atoms with Crippen LogP contribution in [0.3, 0.4) is 0 Å². The van der Waals surface area contributed by atoms with Gasteiger partial charge in [0.2, 0.25) is 5.91 Å². The lowest BCUT2D eigenvalue weighted by molar-refractivity contribution is 0.0490. The molecule has 1 atom stereocenters. The molecule has 1 aliphatic rings. The highest BCUT2D eigenvalue weighted by Gasteiger charge is 2.45. The lowest BCUT2D eigenvalue weighted by atomic mass is 9.87. The molecule has 1 heterocycles. The largest absolute Gasteiger partial charge is 0.386 e. The van der Waals surface area contributed by atoms with Gasteiger partial charge in [-0.05, 0) is 18.2 Å². The van der Waals surface area contributed by atoms with E-state index >= 15 is 0 Å². The van der Waals surface area contributed by atoms with Crippen molar-refractivity contribution < 1.29 is 18.0 Å². The Bertz CT molecular complexity index is 576. The fraction of sp³-hybridized carbons (Fsp3) is 0.333. The number of primary amides is 1. The number of aliphatic imine (C=N–C) groups is 1. The minimum absolute atomic E-state index is 0.0552. The van der Waals surface area contributed by atoms with Gasteiger partial charge in [0.05, 0.1) is 6.54 Å². The molecule has 5 nitrogen and oxygen atoms in total. The van der Waals surface area contributed by atoms with Gasteiger partial charge in [0.15, 0.2) is 5.54 Å². The summed E-state index contributed by atoms with van der Waals surface area (Å²) in [5.41, 5.74) is 7.93. The van der Waals surface area contributed by atoms with Crippen molar-refractivity contribution >= 4 is 11.7 Å². The molecule has 1 aromatic rings. The molecule has 5 N–H and O–H groups in total. The second-order valence-electron chi connectivity index (χ2n) is 4.49. The zero-order chi connectivity index (χ0) is 14.9. The summed E-state index contributed by atoms with van der Waals surface area (Å²) in [6.45, 7) is -0.143. The minimum atomic E-state index is -2.99. The van der Waals surface area contributed by atoms with Gasteiger partial charge in [-0.25, -0.2) is 13.2 Å². The first-order chi connectivity index (χ1) is 9.36. The van der Waals surface area contributed by atoms with Gasteiger partial charge in [0, 0.05) is 17.7 Å². The zero-order valence-electron chi connectivity index (χ0n) is 10.4. The van der Waals surface area contributed by atoms with Crippen LogP contribution in [0.5, 0.6) is 0 Å². The molecule has 0 aliphatic carbocycles. The standard InChI is InChI=1S/C12H13F3N4O/c13-8-2-1-6(10(17)20)3-7(8)12(11(14)15)5-18-4-9(16)19-12/h1-3,11,18H,4-5H2,(H2,16,19)(H2,17,20)/t12-/m0/s1. The Hall–Kier alpha value is -2.09.